The summed E-state index contributed by atoms with van der Waals surface area (Å²) in [5.74, 6) is 1.35. The molecule has 0 aliphatic heterocycles. The molecule has 0 atom stereocenters. The minimum atomic E-state index is 0.243. The van der Waals surface area contributed by atoms with Crippen LogP contribution in [0.5, 0.6) is 5.75 Å². The Morgan fingerprint density at radius 2 is 1.95 bits per heavy atom. The molecule has 0 saturated heterocycles. The number of phenolic OH excluding ortho intramolecular Hbond substituents is 1. The van der Waals surface area contributed by atoms with Gasteiger partial charge in [0.2, 0.25) is 11.7 Å². The predicted molar refractivity (Wildman–Crippen MR) is 73.2 cm³/mol. The molecule has 0 unspecified atom stereocenters. The van der Waals surface area contributed by atoms with Crippen LogP contribution in [-0.2, 0) is 6.42 Å². The lowest BCUT2D eigenvalue weighted by Crippen LogP contribution is -1.89. The lowest BCUT2D eigenvalue weighted by molar-refractivity contribution is 0.385. The van der Waals surface area contributed by atoms with E-state index in [9.17, 15) is 5.11 Å². The second-order valence-electron chi connectivity index (χ2n) is 4.55. The van der Waals surface area contributed by atoms with E-state index in [0.29, 0.717) is 18.1 Å². The van der Waals surface area contributed by atoms with Crippen LogP contribution in [0.25, 0.3) is 11.4 Å². The van der Waals surface area contributed by atoms with E-state index in [2.05, 4.69) is 15.1 Å². The fourth-order valence-corrected chi connectivity index (χ4v) is 1.95. The predicted octanol–water partition coefficient (Wildman–Crippen LogP) is 2.74. The summed E-state index contributed by atoms with van der Waals surface area (Å²) in [5.41, 5.74) is 2.93. The Kier molecular flexibility index (Phi) is 3.16. The van der Waals surface area contributed by atoms with Gasteiger partial charge >= 0.3 is 0 Å². The number of phenols is 1. The van der Waals surface area contributed by atoms with Crippen molar-refractivity contribution in [2.24, 2.45) is 0 Å². The van der Waals surface area contributed by atoms with E-state index in [1.54, 1.807) is 24.5 Å². The van der Waals surface area contributed by atoms with Crippen LogP contribution in [0.2, 0.25) is 0 Å². The third kappa shape index (κ3) is 2.51. The Bertz CT molecular complexity index is 720. The van der Waals surface area contributed by atoms with E-state index in [0.717, 1.165) is 16.7 Å². The van der Waals surface area contributed by atoms with E-state index in [4.69, 9.17) is 4.52 Å². The third-order valence-electron chi connectivity index (χ3n) is 3.02. The van der Waals surface area contributed by atoms with E-state index < -0.39 is 0 Å². The summed E-state index contributed by atoms with van der Waals surface area (Å²) < 4.78 is 5.26. The minimum absolute atomic E-state index is 0.243. The maximum Gasteiger partial charge on any atom is 0.231 e. The molecule has 1 aromatic carbocycles. The molecule has 1 N–H and O–H groups in total. The molecule has 2 aromatic heterocycles. The van der Waals surface area contributed by atoms with Gasteiger partial charge in [0.25, 0.3) is 0 Å². The van der Waals surface area contributed by atoms with Crippen LogP contribution in [0.4, 0.5) is 0 Å². The number of pyridine rings is 1. The molecular formula is C15H13N3O2. The van der Waals surface area contributed by atoms with Gasteiger partial charge in [0.1, 0.15) is 5.75 Å². The smallest absolute Gasteiger partial charge is 0.231 e. The summed E-state index contributed by atoms with van der Waals surface area (Å²) in [6.07, 6.45) is 4.01. The molecule has 5 heteroatoms. The first-order chi connectivity index (χ1) is 9.72. The van der Waals surface area contributed by atoms with Crippen molar-refractivity contribution in [3.05, 3.63) is 59.7 Å². The van der Waals surface area contributed by atoms with Crippen LogP contribution < -0.4 is 0 Å². The van der Waals surface area contributed by atoms with Gasteiger partial charge in [-0.2, -0.15) is 4.98 Å². The number of hydrogen-bond acceptors (Lipinski definition) is 5. The minimum Gasteiger partial charge on any atom is -0.508 e. The fraction of sp³-hybridized carbons (Fsp3) is 0.133. The monoisotopic (exact) mass is 267 g/mol. The third-order valence-corrected chi connectivity index (χ3v) is 3.02. The largest absolute Gasteiger partial charge is 0.508 e. The summed E-state index contributed by atoms with van der Waals surface area (Å²) in [4.78, 5) is 8.43. The quantitative estimate of drug-likeness (QED) is 0.790. The highest BCUT2D eigenvalue weighted by Crippen LogP contribution is 2.20. The molecule has 2 heterocycles. The zero-order valence-electron chi connectivity index (χ0n) is 10.9. The number of hydrogen-bond donors (Lipinski definition) is 1. The first-order valence-corrected chi connectivity index (χ1v) is 6.24. The standard InChI is InChI=1S/C15H13N3O2/c1-10-9-16-7-6-13(10)15-17-14(20-18-15)8-11-2-4-12(19)5-3-11/h2-7,9,19H,8H2,1H3. The van der Waals surface area contributed by atoms with Gasteiger partial charge in [0.15, 0.2) is 0 Å². The van der Waals surface area contributed by atoms with Crippen LogP contribution in [0.15, 0.2) is 47.2 Å². The molecule has 0 fully saturated rings. The molecule has 0 aliphatic rings. The molecule has 3 rings (SSSR count). The van der Waals surface area contributed by atoms with Crippen LogP contribution in [0.3, 0.4) is 0 Å². The van der Waals surface area contributed by atoms with Crippen LogP contribution in [0.1, 0.15) is 17.0 Å². The van der Waals surface area contributed by atoms with Crippen LogP contribution in [-0.4, -0.2) is 20.2 Å². The molecular weight excluding hydrogens is 254 g/mol. The second kappa shape index (κ2) is 5.13. The van der Waals surface area contributed by atoms with Gasteiger partial charge in [-0.15, -0.1) is 0 Å². The van der Waals surface area contributed by atoms with Gasteiger partial charge in [-0.05, 0) is 36.2 Å². The molecule has 20 heavy (non-hydrogen) atoms. The highest BCUT2D eigenvalue weighted by atomic mass is 16.5. The number of rotatable bonds is 3. The molecule has 0 saturated carbocycles. The first kappa shape index (κ1) is 12.3. The topological polar surface area (TPSA) is 72.0 Å². The Morgan fingerprint density at radius 1 is 1.15 bits per heavy atom. The average molecular weight is 267 g/mol. The molecule has 0 bridgehead atoms. The molecule has 5 nitrogen and oxygen atoms in total. The van der Waals surface area contributed by atoms with Crippen molar-refractivity contribution < 1.29 is 9.63 Å². The number of aryl methyl sites for hydroxylation is 1. The summed E-state index contributed by atoms with van der Waals surface area (Å²) in [7, 11) is 0. The molecule has 100 valence electrons. The average Bonchev–Trinajstić information content (AvgIpc) is 2.90. The van der Waals surface area contributed by atoms with Crippen molar-refractivity contribution in [3.63, 3.8) is 0 Å². The first-order valence-electron chi connectivity index (χ1n) is 6.24. The molecule has 0 spiro atoms. The Labute approximate surface area is 115 Å². The van der Waals surface area contributed by atoms with Crippen LogP contribution in [0, 0.1) is 6.92 Å². The number of nitrogens with zero attached hydrogens (tertiary/aromatic N) is 3. The van der Waals surface area contributed by atoms with Crippen LogP contribution >= 0.6 is 0 Å². The van der Waals surface area contributed by atoms with Gasteiger partial charge < -0.3 is 9.63 Å². The lowest BCUT2D eigenvalue weighted by Gasteiger charge is -1.98. The lowest BCUT2D eigenvalue weighted by atomic mass is 10.1. The summed E-state index contributed by atoms with van der Waals surface area (Å²) >= 11 is 0. The Balaban J connectivity index is 1.84. The maximum atomic E-state index is 9.25. The van der Waals surface area contributed by atoms with Crippen molar-refractivity contribution in [2.45, 2.75) is 13.3 Å². The summed E-state index contributed by atoms with van der Waals surface area (Å²) in [6.45, 7) is 1.96. The zero-order chi connectivity index (χ0) is 13.9. The number of aromatic hydroxyl groups is 1. The highest BCUT2D eigenvalue weighted by Gasteiger charge is 2.11. The fourth-order valence-electron chi connectivity index (χ4n) is 1.95. The van der Waals surface area contributed by atoms with Crippen molar-refractivity contribution in [1.82, 2.24) is 15.1 Å². The zero-order valence-corrected chi connectivity index (χ0v) is 10.9. The van der Waals surface area contributed by atoms with Gasteiger partial charge in [-0.1, -0.05) is 17.3 Å². The normalized spacial score (nSPS) is 10.7. The van der Waals surface area contributed by atoms with Crippen molar-refractivity contribution in [1.29, 1.82) is 0 Å². The summed E-state index contributed by atoms with van der Waals surface area (Å²) in [6, 6.07) is 8.80. The summed E-state index contributed by atoms with van der Waals surface area (Å²) in [5, 5.41) is 13.2. The van der Waals surface area contributed by atoms with Crippen molar-refractivity contribution in [2.75, 3.05) is 0 Å². The van der Waals surface area contributed by atoms with Crippen molar-refractivity contribution in [3.8, 4) is 17.1 Å². The van der Waals surface area contributed by atoms with Gasteiger partial charge in [-0.25, -0.2) is 0 Å². The van der Waals surface area contributed by atoms with E-state index in [1.807, 2.05) is 25.1 Å². The number of aromatic nitrogens is 3. The van der Waals surface area contributed by atoms with E-state index in [1.165, 1.54) is 0 Å². The Hall–Kier alpha value is -2.69. The molecule has 3 aromatic rings. The van der Waals surface area contributed by atoms with E-state index >= 15 is 0 Å². The maximum absolute atomic E-state index is 9.25. The SMILES string of the molecule is Cc1cnccc1-c1noc(Cc2ccc(O)cc2)n1. The van der Waals surface area contributed by atoms with Crippen molar-refractivity contribution >= 4 is 0 Å². The molecule has 0 amide bonds. The highest BCUT2D eigenvalue weighted by molar-refractivity contribution is 5.57. The van der Waals surface area contributed by atoms with Gasteiger partial charge in [0, 0.05) is 18.0 Å². The number of benzene rings is 1. The second-order valence-corrected chi connectivity index (χ2v) is 4.55. The molecule has 0 aliphatic carbocycles. The Morgan fingerprint density at radius 3 is 2.70 bits per heavy atom. The van der Waals surface area contributed by atoms with Gasteiger partial charge in [-0.3, -0.25) is 4.98 Å². The van der Waals surface area contributed by atoms with Gasteiger partial charge in [0.05, 0.1) is 6.42 Å². The van der Waals surface area contributed by atoms with E-state index in [-0.39, 0.29) is 5.75 Å². The molecule has 0 radical (unpaired) electrons.